The van der Waals surface area contributed by atoms with Crippen LogP contribution in [-0.2, 0) is 13.0 Å². The summed E-state index contributed by atoms with van der Waals surface area (Å²) in [6.07, 6.45) is 1.92. The zero-order chi connectivity index (χ0) is 12.1. The Kier molecular flexibility index (Phi) is 4.03. The second-order valence-electron chi connectivity index (χ2n) is 3.71. The Bertz CT molecular complexity index is 484. The summed E-state index contributed by atoms with van der Waals surface area (Å²) in [5.41, 5.74) is 0.639. The van der Waals surface area contributed by atoms with Crippen LogP contribution in [0.2, 0.25) is 0 Å². The van der Waals surface area contributed by atoms with E-state index in [1.54, 1.807) is 12.1 Å². The molecular weight excluding hydrogens is 237 g/mol. The fourth-order valence-corrected chi connectivity index (χ4v) is 2.07. The maximum atomic E-state index is 13.3. The molecule has 90 valence electrons. The molecule has 0 saturated carbocycles. The minimum Gasteiger partial charge on any atom is -0.356 e. The van der Waals surface area contributed by atoms with Gasteiger partial charge in [0.1, 0.15) is 11.6 Å². The molecule has 0 atom stereocenters. The van der Waals surface area contributed by atoms with Gasteiger partial charge < -0.3 is 5.32 Å². The van der Waals surface area contributed by atoms with Crippen molar-refractivity contribution in [2.45, 2.75) is 26.3 Å². The number of rotatable bonds is 5. The molecule has 5 heteroatoms. The molecule has 0 saturated heterocycles. The molecule has 0 aliphatic rings. The van der Waals surface area contributed by atoms with Crippen LogP contribution in [0.1, 0.15) is 24.7 Å². The fraction of sp³-hybridized carbons (Fsp3) is 0.333. The summed E-state index contributed by atoms with van der Waals surface area (Å²) in [5.74, 6) is 0.659. The highest BCUT2D eigenvalue weighted by molar-refractivity contribution is 7.09. The Morgan fingerprint density at radius 2 is 2.18 bits per heavy atom. The highest BCUT2D eigenvalue weighted by Gasteiger charge is 2.04. The van der Waals surface area contributed by atoms with Crippen LogP contribution in [0.25, 0.3) is 0 Å². The van der Waals surface area contributed by atoms with Gasteiger partial charge in [0.05, 0.1) is 0 Å². The summed E-state index contributed by atoms with van der Waals surface area (Å²) in [4.78, 5) is 4.32. The average Bonchev–Trinajstić information content (AvgIpc) is 2.76. The monoisotopic (exact) mass is 251 g/mol. The lowest BCUT2D eigenvalue weighted by Gasteiger charge is -2.03. The molecule has 0 aliphatic carbocycles. The number of anilines is 1. The van der Waals surface area contributed by atoms with Crippen molar-refractivity contribution in [2.24, 2.45) is 0 Å². The van der Waals surface area contributed by atoms with Crippen LogP contribution in [0.5, 0.6) is 0 Å². The van der Waals surface area contributed by atoms with E-state index >= 15 is 0 Å². The van der Waals surface area contributed by atoms with Gasteiger partial charge in [-0.3, -0.25) is 0 Å². The molecule has 1 aromatic heterocycles. The second-order valence-corrected chi connectivity index (χ2v) is 4.46. The predicted molar refractivity (Wildman–Crippen MR) is 67.6 cm³/mol. The number of nitrogens with one attached hydrogen (secondary N) is 1. The van der Waals surface area contributed by atoms with Crippen LogP contribution in [-0.4, -0.2) is 9.36 Å². The Morgan fingerprint density at radius 3 is 2.94 bits per heavy atom. The third-order valence-corrected chi connectivity index (χ3v) is 3.04. The molecule has 1 N–H and O–H groups in total. The van der Waals surface area contributed by atoms with Crippen molar-refractivity contribution in [3.63, 3.8) is 0 Å². The lowest BCUT2D eigenvalue weighted by Crippen LogP contribution is -2.01. The van der Waals surface area contributed by atoms with Crippen LogP contribution in [0.4, 0.5) is 9.52 Å². The van der Waals surface area contributed by atoms with Gasteiger partial charge in [-0.15, -0.1) is 0 Å². The van der Waals surface area contributed by atoms with E-state index in [4.69, 9.17) is 0 Å². The van der Waals surface area contributed by atoms with Crippen molar-refractivity contribution in [3.05, 3.63) is 41.5 Å². The molecule has 0 aliphatic heterocycles. The molecule has 0 bridgehead atoms. The van der Waals surface area contributed by atoms with Crippen molar-refractivity contribution in [1.82, 2.24) is 9.36 Å². The van der Waals surface area contributed by atoms with E-state index in [1.807, 2.05) is 6.07 Å². The maximum absolute atomic E-state index is 13.3. The first-order valence-electron chi connectivity index (χ1n) is 5.59. The summed E-state index contributed by atoms with van der Waals surface area (Å²) >= 11 is 1.32. The third kappa shape index (κ3) is 3.23. The first kappa shape index (κ1) is 12.0. The Morgan fingerprint density at radius 1 is 1.35 bits per heavy atom. The standard InChI is InChI=1S/C12H14FN3S/c1-2-5-11-15-12(17-16-11)14-8-9-6-3-4-7-10(9)13/h3-4,6-7H,2,5,8H2,1H3,(H,14,15,16). The van der Waals surface area contributed by atoms with Gasteiger partial charge in [0.15, 0.2) is 0 Å². The highest BCUT2D eigenvalue weighted by Crippen LogP contribution is 2.14. The zero-order valence-electron chi connectivity index (χ0n) is 9.61. The number of benzene rings is 1. The normalized spacial score (nSPS) is 10.5. The molecule has 3 nitrogen and oxygen atoms in total. The number of nitrogens with zero attached hydrogens (tertiary/aromatic N) is 2. The van der Waals surface area contributed by atoms with Gasteiger partial charge in [0.25, 0.3) is 0 Å². The molecule has 0 amide bonds. The van der Waals surface area contributed by atoms with Crippen LogP contribution < -0.4 is 5.32 Å². The first-order chi connectivity index (χ1) is 8.29. The van der Waals surface area contributed by atoms with Gasteiger partial charge in [-0.1, -0.05) is 25.1 Å². The molecule has 2 rings (SSSR count). The smallest absolute Gasteiger partial charge is 0.202 e. The van der Waals surface area contributed by atoms with Gasteiger partial charge in [-0.2, -0.15) is 4.37 Å². The molecular formula is C12H14FN3S. The SMILES string of the molecule is CCCc1nsc(NCc2ccccc2F)n1. The van der Waals surface area contributed by atoms with Crippen LogP contribution in [0.15, 0.2) is 24.3 Å². The molecule has 0 spiro atoms. The molecule has 2 aromatic rings. The van der Waals surface area contributed by atoms with E-state index in [2.05, 4.69) is 21.6 Å². The number of hydrogen-bond acceptors (Lipinski definition) is 4. The number of halogens is 1. The summed E-state index contributed by atoms with van der Waals surface area (Å²) in [6, 6.07) is 6.72. The lowest BCUT2D eigenvalue weighted by molar-refractivity contribution is 0.613. The van der Waals surface area contributed by atoms with Crippen molar-refractivity contribution in [3.8, 4) is 0 Å². The molecule has 1 aromatic carbocycles. The van der Waals surface area contributed by atoms with E-state index in [0.717, 1.165) is 23.8 Å². The minimum atomic E-state index is -0.196. The number of aryl methyl sites for hydroxylation is 1. The Labute approximate surface area is 104 Å². The summed E-state index contributed by atoms with van der Waals surface area (Å²) in [5, 5.41) is 3.83. The van der Waals surface area contributed by atoms with E-state index in [-0.39, 0.29) is 5.82 Å². The predicted octanol–water partition coefficient (Wildman–Crippen LogP) is 3.24. The van der Waals surface area contributed by atoms with Gasteiger partial charge in [-0.25, -0.2) is 9.37 Å². The maximum Gasteiger partial charge on any atom is 0.202 e. The van der Waals surface area contributed by atoms with E-state index in [1.165, 1.54) is 17.6 Å². The topological polar surface area (TPSA) is 37.8 Å². The van der Waals surface area contributed by atoms with E-state index < -0.39 is 0 Å². The molecule has 1 heterocycles. The largest absolute Gasteiger partial charge is 0.356 e. The third-order valence-electron chi connectivity index (χ3n) is 2.33. The van der Waals surface area contributed by atoms with Crippen LogP contribution >= 0.6 is 11.5 Å². The van der Waals surface area contributed by atoms with Crippen molar-refractivity contribution < 1.29 is 4.39 Å². The number of hydrogen-bond donors (Lipinski definition) is 1. The minimum absolute atomic E-state index is 0.196. The van der Waals surface area contributed by atoms with Crippen molar-refractivity contribution >= 4 is 16.7 Å². The van der Waals surface area contributed by atoms with Crippen LogP contribution in [0.3, 0.4) is 0 Å². The van der Waals surface area contributed by atoms with Crippen LogP contribution in [0, 0.1) is 5.82 Å². The highest BCUT2D eigenvalue weighted by atomic mass is 32.1. The lowest BCUT2D eigenvalue weighted by atomic mass is 10.2. The summed E-state index contributed by atoms with van der Waals surface area (Å²) in [6.45, 7) is 2.53. The van der Waals surface area contributed by atoms with Gasteiger partial charge >= 0.3 is 0 Å². The van der Waals surface area contributed by atoms with Gasteiger partial charge in [0.2, 0.25) is 5.13 Å². The molecule has 0 unspecified atom stereocenters. The van der Waals surface area contributed by atoms with E-state index in [9.17, 15) is 4.39 Å². The van der Waals surface area contributed by atoms with Crippen molar-refractivity contribution in [1.29, 1.82) is 0 Å². The first-order valence-corrected chi connectivity index (χ1v) is 6.37. The second kappa shape index (κ2) is 5.72. The van der Waals surface area contributed by atoms with Gasteiger partial charge in [-0.05, 0) is 12.5 Å². The summed E-state index contributed by atoms with van der Waals surface area (Å²) < 4.78 is 17.6. The zero-order valence-corrected chi connectivity index (χ0v) is 10.4. The summed E-state index contributed by atoms with van der Waals surface area (Å²) in [7, 11) is 0. The molecule has 0 radical (unpaired) electrons. The van der Waals surface area contributed by atoms with E-state index in [0.29, 0.717) is 12.1 Å². The molecule has 0 fully saturated rings. The van der Waals surface area contributed by atoms with Gasteiger partial charge in [0, 0.05) is 30.1 Å². The Balaban J connectivity index is 1.95. The fourth-order valence-electron chi connectivity index (χ4n) is 1.46. The molecule has 17 heavy (non-hydrogen) atoms. The Hall–Kier alpha value is -1.49. The quantitative estimate of drug-likeness (QED) is 0.886. The average molecular weight is 251 g/mol. The number of aromatic nitrogens is 2. The van der Waals surface area contributed by atoms with Crippen molar-refractivity contribution in [2.75, 3.05) is 5.32 Å².